The van der Waals surface area contributed by atoms with Gasteiger partial charge >= 0.3 is 5.88 Å². The third kappa shape index (κ3) is 1.91. The van der Waals surface area contributed by atoms with Crippen LogP contribution in [0.4, 0.5) is 5.88 Å². The highest BCUT2D eigenvalue weighted by Gasteiger charge is 2.18. The Morgan fingerprint density at radius 1 is 1.57 bits per heavy atom. The van der Waals surface area contributed by atoms with Crippen LogP contribution in [0.1, 0.15) is 5.76 Å². The van der Waals surface area contributed by atoms with Crippen LogP contribution in [0.2, 0.25) is 0 Å². The topological polar surface area (TPSA) is 77.5 Å². The van der Waals surface area contributed by atoms with Gasteiger partial charge in [-0.2, -0.15) is 0 Å². The summed E-state index contributed by atoms with van der Waals surface area (Å²) in [6.07, 6.45) is 0. The standard InChI is InChI=1S/C8H10N2O4/c11-10(12)8-2-1-7(14-8)3-9-6-4-13-5-6/h1-2,6,9H,3-5H2. The van der Waals surface area contributed by atoms with Crippen molar-refractivity contribution in [2.24, 2.45) is 0 Å². The molecule has 0 radical (unpaired) electrons. The number of hydrogen-bond acceptors (Lipinski definition) is 5. The first kappa shape index (κ1) is 9.17. The van der Waals surface area contributed by atoms with E-state index >= 15 is 0 Å². The van der Waals surface area contributed by atoms with E-state index in [9.17, 15) is 10.1 Å². The van der Waals surface area contributed by atoms with Crippen LogP contribution in [0.5, 0.6) is 0 Å². The zero-order valence-corrected chi connectivity index (χ0v) is 7.43. The molecule has 14 heavy (non-hydrogen) atoms. The summed E-state index contributed by atoms with van der Waals surface area (Å²) in [6, 6.07) is 3.30. The summed E-state index contributed by atoms with van der Waals surface area (Å²) in [5.74, 6) is 0.357. The van der Waals surface area contributed by atoms with Crippen molar-refractivity contribution in [1.82, 2.24) is 5.32 Å². The molecule has 0 unspecified atom stereocenters. The van der Waals surface area contributed by atoms with E-state index in [0.29, 0.717) is 31.6 Å². The Hall–Kier alpha value is -1.40. The molecule has 1 saturated heterocycles. The van der Waals surface area contributed by atoms with E-state index in [4.69, 9.17) is 9.15 Å². The number of nitro groups is 1. The molecule has 0 amide bonds. The van der Waals surface area contributed by atoms with Gasteiger partial charge in [-0.3, -0.25) is 10.1 Å². The smallest absolute Gasteiger partial charge is 0.404 e. The molecule has 1 N–H and O–H groups in total. The van der Waals surface area contributed by atoms with E-state index in [2.05, 4.69) is 5.32 Å². The molecular weight excluding hydrogens is 188 g/mol. The summed E-state index contributed by atoms with van der Waals surface area (Å²) in [5.41, 5.74) is 0. The van der Waals surface area contributed by atoms with Gasteiger partial charge in [0.1, 0.15) is 10.7 Å². The molecule has 1 aromatic heterocycles. The molecule has 6 heteroatoms. The Balaban J connectivity index is 1.86. The maximum atomic E-state index is 10.3. The van der Waals surface area contributed by atoms with Gasteiger partial charge in [-0.1, -0.05) is 0 Å². The van der Waals surface area contributed by atoms with Crippen molar-refractivity contribution < 1.29 is 14.1 Å². The zero-order chi connectivity index (χ0) is 9.97. The minimum absolute atomic E-state index is 0.216. The fraction of sp³-hybridized carbons (Fsp3) is 0.500. The van der Waals surface area contributed by atoms with E-state index in [1.807, 2.05) is 0 Å². The molecule has 6 nitrogen and oxygen atoms in total. The van der Waals surface area contributed by atoms with Crippen molar-refractivity contribution in [3.8, 4) is 0 Å². The number of hydrogen-bond donors (Lipinski definition) is 1. The van der Waals surface area contributed by atoms with Crippen molar-refractivity contribution >= 4 is 5.88 Å². The third-order valence-corrected chi connectivity index (χ3v) is 2.03. The van der Waals surface area contributed by atoms with Gasteiger partial charge in [-0.15, -0.1) is 0 Å². The summed E-state index contributed by atoms with van der Waals surface area (Å²) < 4.78 is 9.93. The minimum Gasteiger partial charge on any atom is -0.404 e. The van der Waals surface area contributed by atoms with Gasteiger partial charge in [0, 0.05) is 0 Å². The number of furan rings is 1. The van der Waals surface area contributed by atoms with Gasteiger partial charge in [-0.05, 0) is 6.07 Å². The van der Waals surface area contributed by atoms with Crippen LogP contribution in [-0.4, -0.2) is 24.2 Å². The fourth-order valence-corrected chi connectivity index (χ4v) is 1.16. The summed E-state index contributed by atoms with van der Waals surface area (Å²) in [6.45, 7) is 1.90. The molecule has 76 valence electrons. The number of nitrogens with one attached hydrogen (secondary N) is 1. The predicted octanol–water partition coefficient (Wildman–Crippen LogP) is 0.676. The predicted molar refractivity (Wildman–Crippen MR) is 46.8 cm³/mol. The van der Waals surface area contributed by atoms with Crippen LogP contribution in [0.15, 0.2) is 16.5 Å². The summed E-state index contributed by atoms with van der Waals surface area (Å²) >= 11 is 0. The second-order valence-electron chi connectivity index (χ2n) is 3.11. The maximum Gasteiger partial charge on any atom is 0.433 e. The second-order valence-corrected chi connectivity index (χ2v) is 3.11. The monoisotopic (exact) mass is 198 g/mol. The average Bonchev–Trinajstić information content (AvgIpc) is 2.50. The SMILES string of the molecule is O=[N+]([O-])c1ccc(CNC2COC2)o1. The Bertz CT molecular complexity index is 332. The second kappa shape index (κ2) is 3.77. The van der Waals surface area contributed by atoms with Crippen molar-refractivity contribution in [2.75, 3.05) is 13.2 Å². The molecule has 0 spiro atoms. The number of nitrogens with zero attached hydrogens (tertiary/aromatic N) is 1. The molecule has 0 saturated carbocycles. The molecule has 0 aliphatic carbocycles. The average molecular weight is 198 g/mol. The van der Waals surface area contributed by atoms with Crippen molar-refractivity contribution in [2.45, 2.75) is 12.6 Å². The highest BCUT2D eigenvalue weighted by atomic mass is 16.6. The first-order valence-corrected chi connectivity index (χ1v) is 4.30. The van der Waals surface area contributed by atoms with E-state index in [1.54, 1.807) is 6.07 Å². The van der Waals surface area contributed by atoms with Gasteiger partial charge in [0.15, 0.2) is 0 Å². The van der Waals surface area contributed by atoms with Crippen LogP contribution < -0.4 is 5.32 Å². The van der Waals surface area contributed by atoms with Crippen molar-refractivity contribution in [3.63, 3.8) is 0 Å². The lowest BCUT2D eigenvalue weighted by molar-refractivity contribution is -0.402. The Kier molecular flexibility index (Phi) is 2.47. The lowest BCUT2D eigenvalue weighted by Gasteiger charge is -2.26. The lowest BCUT2D eigenvalue weighted by Crippen LogP contribution is -2.45. The maximum absolute atomic E-state index is 10.3. The highest BCUT2D eigenvalue weighted by Crippen LogP contribution is 2.15. The van der Waals surface area contributed by atoms with Crippen molar-refractivity contribution in [1.29, 1.82) is 0 Å². The molecule has 0 aromatic carbocycles. The molecular formula is C8H10N2O4. The normalized spacial score (nSPS) is 16.6. The molecule has 1 fully saturated rings. The molecule has 0 bridgehead atoms. The molecule has 2 rings (SSSR count). The quantitative estimate of drug-likeness (QED) is 0.568. The molecule has 1 aliphatic heterocycles. The fourth-order valence-electron chi connectivity index (χ4n) is 1.16. The van der Waals surface area contributed by atoms with Gasteiger partial charge in [-0.25, -0.2) is 0 Å². The zero-order valence-electron chi connectivity index (χ0n) is 7.43. The van der Waals surface area contributed by atoms with Gasteiger partial charge < -0.3 is 14.5 Å². The first-order valence-electron chi connectivity index (χ1n) is 4.30. The molecule has 0 atom stereocenters. The number of ether oxygens (including phenoxy) is 1. The van der Waals surface area contributed by atoms with E-state index in [1.165, 1.54) is 6.07 Å². The highest BCUT2D eigenvalue weighted by molar-refractivity contribution is 5.17. The summed E-state index contributed by atoms with van der Waals surface area (Å²) in [4.78, 5) is 9.75. The molecule has 1 aromatic rings. The largest absolute Gasteiger partial charge is 0.433 e. The van der Waals surface area contributed by atoms with Crippen LogP contribution in [0.3, 0.4) is 0 Å². The van der Waals surface area contributed by atoms with Crippen LogP contribution in [-0.2, 0) is 11.3 Å². The van der Waals surface area contributed by atoms with Gasteiger partial charge in [0.25, 0.3) is 0 Å². The number of rotatable bonds is 4. The Morgan fingerprint density at radius 3 is 2.86 bits per heavy atom. The van der Waals surface area contributed by atoms with Gasteiger partial charge in [0.2, 0.25) is 0 Å². The van der Waals surface area contributed by atoms with E-state index < -0.39 is 4.92 Å². The van der Waals surface area contributed by atoms with Crippen molar-refractivity contribution in [3.05, 3.63) is 28.0 Å². The first-order chi connectivity index (χ1) is 6.75. The summed E-state index contributed by atoms with van der Waals surface area (Å²) in [7, 11) is 0. The molecule has 2 heterocycles. The van der Waals surface area contributed by atoms with Crippen LogP contribution in [0, 0.1) is 10.1 Å². The molecule has 1 aliphatic rings. The Labute approximate surface area is 80.0 Å². The Morgan fingerprint density at radius 2 is 2.36 bits per heavy atom. The summed E-state index contributed by atoms with van der Waals surface area (Å²) in [5, 5.41) is 13.4. The van der Waals surface area contributed by atoms with Gasteiger partial charge in [0.05, 0.1) is 31.9 Å². The van der Waals surface area contributed by atoms with Crippen LogP contribution >= 0.6 is 0 Å². The van der Waals surface area contributed by atoms with Crippen LogP contribution in [0.25, 0.3) is 0 Å². The van der Waals surface area contributed by atoms with E-state index in [-0.39, 0.29) is 5.88 Å². The lowest BCUT2D eigenvalue weighted by atomic mass is 10.2. The van der Waals surface area contributed by atoms with E-state index in [0.717, 1.165) is 0 Å². The third-order valence-electron chi connectivity index (χ3n) is 2.03. The minimum atomic E-state index is -0.546.